The van der Waals surface area contributed by atoms with Gasteiger partial charge in [0.2, 0.25) is 0 Å². The number of rotatable bonds is 8. The number of anilines is 1. The summed E-state index contributed by atoms with van der Waals surface area (Å²) in [7, 11) is 6.39. The van der Waals surface area contributed by atoms with E-state index < -0.39 is 5.54 Å². The third-order valence-electron chi connectivity index (χ3n) is 4.48. The average Bonchev–Trinajstić information content (AvgIpc) is 3.24. The SMILES string of the molecule is COc1ccc(NC(C)(C)c2nnnn2-c2ccc(OC)c(OC)c2)cc1OC. The largest absolute Gasteiger partial charge is 0.493 e. The lowest BCUT2D eigenvalue weighted by Crippen LogP contribution is -2.31. The molecule has 154 valence electrons. The minimum absolute atomic E-state index is 0.595. The Morgan fingerprint density at radius 1 is 0.793 bits per heavy atom. The molecule has 0 unspecified atom stereocenters. The second kappa shape index (κ2) is 8.26. The fourth-order valence-corrected chi connectivity index (χ4v) is 3.04. The Bertz CT molecular complexity index is 987. The van der Waals surface area contributed by atoms with E-state index in [1.807, 2.05) is 50.2 Å². The van der Waals surface area contributed by atoms with Crippen LogP contribution >= 0.6 is 0 Å². The Hall–Kier alpha value is -3.49. The Morgan fingerprint density at radius 2 is 1.38 bits per heavy atom. The second-order valence-corrected chi connectivity index (χ2v) is 6.77. The third-order valence-corrected chi connectivity index (χ3v) is 4.48. The zero-order chi connectivity index (χ0) is 21.0. The van der Waals surface area contributed by atoms with Crippen LogP contribution in [0.5, 0.6) is 23.0 Å². The lowest BCUT2D eigenvalue weighted by Gasteiger charge is -2.26. The number of benzene rings is 2. The normalized spacial score (nSPS) is 11.1. The van der Waals surface area contributed by atoms with Gasteiger partial charge in [-0.15, -0.1) is 5.10 Å². The fraction of sp³-hybridized carbons (Fsp3) is 0.350. The van der Waals surface area contributed by atoms with Gasteiger partial charge in [-0.2, -0.15) is 4.68 Å². The zero-order valence-corrected chi connectivity index (χ0v) is 17.4. The van der Waals surface area contributed by atoms with Crippen LogP contribution in [0.15, 0.2) is 36.4 Å². The molecule has 0 spiro atoms. The summed E-state index contributed by atoms with van der Waals surface area (Å²) in [6, 6.07) is 11.1. The molecule has 0 saturated heterocycles. The van der Waals surface area contributed by atoms with Crippen molar-refractivity contribution in [1.82, 2.24) is 20.2 Å². The number of nitrogens with zero attached hydrogens (tertiary/aromatic N) is 4. The van der Waals surface area contributed by atoms with E-state index >= 15 is 0 Å². The van der Waals surface area contributed by atoms with E-state index in [4.69, 9.17) is 18.9 Å². The van der Waals surface area contributed by atoms with E-state index in [-0.39, 0.29) is 0 Å². The number of hydrogen-bond donors (Lipinski definition) is 1. The van der Waals surface area contributed by atoms with Crippen LogP contribution in [0.3, 0.4) is 0 Å². The molecule has 0 amide bonds. The molecule has 9 nitrogen and oxygen atoms in total. The van der Waals surface area contributed by atoms with Gasteiger partial charge in [0, 0.05) is 17.8 Å². The van der Waals surface area contributed by atoms with Gasteiger partial charge < -0.3 is 24.3 Å². The molecule has 0 fully saturated rings. The van der Waals surface area contributed by atoms with E-state index in [2.05, 4.69) is 20.8 Å². The van der Waals surface area contributed by atoms with Gasteiger partial charge in [0.25, 0.3) is 0 Å². The predicted octanol–water partition coefficient (Wildman–Crippen LogP) is 3.04. The van der Waals surface area contributed by atoms with E-state index in [1.165, 1.54) is 0 Å². The van der Waals surface area contributed by atoms with Gasteiger partial charge in [-0.3, -0.25) is 0 Å². The number of nitrogens with one attached hydrogen (secondary N) is 1. The van der Waals surface area contributed by atoms with Crippen LogP contribution in [0.25, 0.3) is 5.69 Å². The Kier molecular flexibility index (Phi) is 5.76. The molecule has 0 atom stereocenters. The predicted molar refractivity (Wildman–Crippen MR) is 108 cm³/mol. The lowest BCUT2D eigenvalue weighted by atomic mass is 10.0. The molecule has 0 aliphatic rings. The number of tetrazole rings is 1. The van der Waals surface area contributed by atoms with Crippen molar-refractivity contribution in [1.29, 1.82) is 0 Å². The molecule has 0 aliphatic carbocycles. The first-order chi connectivity index (χ1) is 13.9. The molecule has 3 rings (SSSR count). The molecular weight excluding hydrogens is 374 g/mol. The van der Waals surface area contributed by atoms with E-state index in [0.29, 0.717) is 28.8 Å². The molecule has 1 aromatic heterocycles. The van der Waals surface area contributed by atoms with Crippen LogP contribution in [0, 0.1) is 0 Å². The highest BCUT2D eigenvalue weighted by Gasteiger charge is 2.29. The number of methoxy groups -OCH3 is 4. The number of ether oxygens (including phenoxy) is 4. The summed E-state index contributed by atoms with van der Waals surface area (Å²) < 4.78 is 23.0. The maximum atomic E-state index is 5.40. The summed E-state index contributed by atoms with van der Waals surface area (Å²) >= 11 is 0. The van der Waals surface area contributed by atoms with Crippen LogP contribution in [0.2, 0.25) is 0 Å². The molecule has 0 radical (unpaired) electrons. The summed E-state index contributed by atoms with van der Waals surface area (Å²) in [5.74, 6) is 3.14. The van der Waals surface area contributed by atoms with Gasteiger partial charge in [0.15, 0.2) is 28.8 Å². The highest BCUT2D eigenvalue weighted by Crippen LogP contribution is 2.34. The molecular formula is C20H25N5O4. The van der Waals surface area contributed by atoms with Crippen LogP contribution < -0.4 is 24.3 Å². The monoisotopic (exact) mass is 399 g/mol. The summed E-state index contributed by atoms with van der Waals surface area (Å²) in [5, 5.41) is 15.7. The Morgan fingerprint density at radius 3 is 2.00 bits per heavy atom. The Balaban J connectivity index is 1.95. The van der Waals surface area contributed by atoms with Gasteiger partial charge in [-0.25, -0.2) is 0 Å². The molecule has 2 aromatic carbocycles. The first-order valence-electron chi connectivity index (χ1n) is 8.95. The molecule has 1 heterocycles. The van der Waals surface area contributed by atoms with Gasteiger partial charge in [0.05, 0.1) is 39.7 Å². The van der Waals surface area contributed by atoms with Crippen LogP contribution in [0.4, 0.5) is 5.69 Å². The number of hydrogen-bond acceptors (Lipinski definition) is 8. The van der Waals surface area contributed by atoms with Crippen molar-refractivity contribution < 1.29 is 18.9 Å². The van der Waals surface area contributed by atoms with Crippen molar-refractivity contribution in [3.63, 3.8) is 0 Å². The highest BCUT2D eigenvalue weighted by atomic mass is 16.5. The lowest BCUT2D eigenvalue weighted by molar-refractivity contribution is 0.354. The molecule has 0 bridgehead atoms. The van der Waals surface area contributed by atoms with Crippen LogP contribution in [-0.4, -0.2) is 48.6 Å². The summed E-state index contributed by atoms with van der Waals surface area (Å²) in [6.07, 6.45) is 0. The van der Waals surface area contributed by atoms with Crippen LogP contribution in [0.1, 0.15) is 19.7 Å². The fourth-order valence-electron chi connectivity index (χ4n) is 3.04. The first-order valence-corrected chi connectivity index (χ1v) is 8.95. The van der Waals surface area contributed by atoms with E-state index in [0.717, 1.165) is 11.4 Å². The van der Waals surface area contributed by atoms with Gasteiger partial charge >= 0.3 is 0 Å². The topological polar surface area (TPSA) is 92.6 Å². The maximum Gasteiger partial charge on any atom is 0.181 e. The standard InChI is InChI=1S/C20H25N5O4/c1-20(2,21-13-7-9-15(26-3)17(11-13)28-5)19-22-23-24-25(19)14-8-10-16(27-4)18(12-14)29-6/h7-12,21H,1-6H3. The van der Waals surface area contributed by atoms with Gasteiger partial charge in [-0.1, -0.05) is 0 Å². The quantitative estimate of drug-likeness (QED) is 0.618. The molecule has 1 N–H and O–H groups in total. The molecule has 0 saturated carbocycles. The summed E-state index contributed by atoms with van der Waals surface area (Å²) in [5.41, 5.74) is 0.996. The number of aromatic nitrogens is 4. The van der Waals surface area contributed by atoms with Crippen LogP contribution in [-0.2, 0) is 5.54 Å². The first kappa shape index (κ1) is 20.2. The third kappa shape index (κ3) is 4.03. The molecule has 3 aromatic rings. The maximum absolute atomic E-state index is 5.40. The summed E-state index contributed by atoms with van der Waals surface area (Å²) in [4.78, 5) is 0. The minimum Gasteiger partial charge on any atom is -0.493 e. The van der Waals surface area contributed by atoms with Crippen molar-refractivity contribution in [2.24, 2.45) is 0 Å². The van der Waals surface area contributed by atoms with Crippen molar-refractivity contribution in [2.75, 3.05) is 33.8 Å². The van der Waals surface area contributed by atoms with E-state index in [9.17, 15) is 0 Å². The smallest absolute Gasteiger partial charge is 0.181 e. The van der Waals surface area contributed by atoms with Crippen molar-refractivity contribution in [3.05, 3.63) is 42.2 Å². The van der Waals surface area contributed by atoms with Crippen molar-refractivity contribution >= 4 is 5.69 Å². The molecule has 0 aliphatic heterocycles. The molecule has 29 heavy (non-hydrogen) atoms. The molecule has 9 heteroatoms. The van der Waals surface area contributed by atoms with Gasteiger partial charge in [-0.05, 0) is 48.5 Å². The zero-order valence-electron chi connectivity index (χ0n) is 17.4. The summed E-state index contributed by atoms with van der Waals surface area (Å²) in [6.45, 7) is 3.99. The minimum atomic E-state index is -0.601. The highest BCUT2D eigenvalue weighted by molar-refractivity contribution is 5.56. The Labute approximate surface area is 169 Å². The van der Waals surface area contributed by atoms with Crippen molar-refractivity contribution in [3.8, 4) is 28.7 Å². The van der Waals surface area contributed by atoms with Crippen molar-refractivity contribution in [2.45, 2.75) is 19.4 Å². The second-order valence-electron chi connectivity index (χ2n) is 6.77. The van der Waals surface area contributed by atoms with Gasteiger partial charge in [0.1, 0.15) is 0 Å². The average molecular weight is 399 g/mol. The van der Waals surface area contributed by atoms with E-state index in [1.54, 1.807) is 33.1 Å².